The fourth-order valence-corrected chi connectivity index (χ4v) is 4.45. The molecule has 2 aliphatic heterocycles. The average Bonchev–Trinajstić information content (AvgIpc) is 2.69. The average molecular weight is 451 g/mol. The summed E-state index contributed by atoms with van der Waals surface area (Å²) in [4.78, 5) is 13.5. The number of amides is 1. The molecule has 4 nitrogen and oxygen atoms in total. The molecule has 6 heteroatoms. The molecule has 2 aromatic carbocycles. The predicted octanol–water partition coefficient (Wildman–Crippen LogP) is 4.79. The molecule has 4 rings (SSSR count). The summed E-state index contributed by atoms with van der Waals surface area (Å²) in [5.41, 5.74) is 1.42. The Kier molecular flexibility index (Phi) is 5.44. The first-order chi connectivity index (χ1) is 13.1. The van der Waals surface area contributed by atoms with Crippen molar-refractivity contribution in [2.45, 2.75) is 30.7 Å². The lowest BCUT2D eigenvalue weighted by atomic mass is 9.73. The second kappa shape index (κ2) is 7.82. The van der Waals surface area contributed by atoms with Crippen molar-refractivity contribution in [1.29, 1.82) is 0 Å². The molecule has 0 aromatic heterocycles. The summed E-state index contributed by atoms with van der Waals surface area (Å²) in [5.74, 6) is 0.883. The van der Waals surface area contributed by atoms with E-state index in [9.17, 15) is 4.79 Å². The first kappa shape index (κ1) is 18.8. The summed E-state index contributed by atoms with van der Waals surface area (Å²) >= 11 is 9.58. The first-order valence-corrected chi connectivity index (χ1v) is 10.3. The van der Waals surface area contributed by atoms with Gasteiger partial charge in [0, 0.05) is 34.7 Å². The maximum atomic E-state index is 13.5. The van der Waals surface area contributed by atoms with Crippen molar-refractivity contribution in [2.24, 2.45) is 0 Å². The number of halogens is 2. The lowest BCUT2D eigenvalue weighted by Gasteiger charge is -2.38. The Balaban J connectivity index is 1.64. The number of hydrogen-bond acceptors (Lipinski definition) is 3. The van der Waals surface area contributed by atoms with Crippen molar-refractivity contribution in [1.82, 2.24) is 5.32 Å². The number of nitrogens with one attached hydrogen (secondary N) is 1. The van der Waals surface area contributed by atoms with Gasteiger partial charge in [-0.05, 0) is 48.7 Å². The molecule has 0 aliphatic carbocycles. The Morgan fingerprint density at radius 2 is 1.85 bits per heavy atom. The van der Waals surface area contributed by atoms with Crippen molar-refractivity contribution in [3.63, 3.8) is 0 Å². The second-order valence-corrected chi connectivity index (χ2v) is 8.40. The highest BCUT2D eigenvalue weighted by molar-refractivity contribution is 9.10. The number of hydrogen-bond donors (Lipinski definition) is 1. The molecule has 0 bridgehead atoms. The zero-order valence-electron chi connectivity index (χ0n) is 14.8. The van der Waals surface area contributed by atoms with E-state index >= 15 is 0 Å². The van der Waals surface area contributed by atoms with E-state index in [1.807, 2.05) is 42.5 Å². The van der Waals surface area contributed by atoms with E-state index in [4.69, 9.17) is 21.1 Å². The molecule has 27 heavy (non-hydrogen) atoms. The number of carbonyl (C=O) groups is 1. The van der Waals surface area contributed by atoms with Crippen molar-refractivity contribution in [3.05, 3.63) is 63.1 Å². The molecule has 0 spiro atoms. The van der Waals surface area contributed by atoms with Gasteiger partial charge in [0.1, 0.15) is 5.75 Å². The van der Waals surface area contributed by atoms with Crippen molar-refractivity contribution < 1.29 is 14.3 Å². The van der Waals surface area contributed by atoms with Gasteiger partial charge in [-0.25, -0.2) is 0 Å². The molecule has 142 valence electrons. The third-order valence-electron chi connectivity index (χ3n) is 5.49. The molecule has 1 unspecified atom stereocenters. The van der Waals surface area contributed by atoms with E-state index in [1.165, 1.54) is 0 Å². The minimum Gasteiger partial charge on any atom is -0.493 e. The van der Waals surface area contributed by atoms with Gasteiger partial charge in [0.15, 0.2) is 0 Å². The smallest absolute Gasteiger partial charge is 0.231 e. The van der Waals surface area contributed by atoms with Gasteiger partial charge in [-0.1, -0.05) is 39.7 Å². The lowest BCUT2D eigenvalue weighted by molar-refractivity contribution is -0.131. The topological polar surface area (TPSA) is 47.6 Å². The summed E-state index contributed by atoms with van der Waals surface area (Å²) in [5, 5.41) is 3.97. The maximum Gasteiger partial charge on any atom is 0.231 e. The number of carbonyl (C=O) groups excluding carboxylic acids is 1. The van der Waals surface area contributed by atoms with Gasteiger partial charge in [-0.15, -0.1) is 0 Å². The molecular weight excluding hydrogens is 430 g/mol. The van der Waals surface area contributed by atoms with Crippen LogP contribution in [0, 0.1) is 0 Å². The fourth-order valence-electron chi connectivity index (χ4n) is 3.95. The fraction of sp³-hybridized carbons (Fsp3) is 0.381. The molecule has 0 radical (unpaired) electrons. The SMILES string of the molecule is O=C(NC1CCOc2ccc(Br)cc21)C1(c2ccc(Cl)cc2)CCOCC1. The largest absolute Gasteiger partial charge is 0.493 e. The zero-order chi connectivity index (χ0) is 18.9. The molecular formula is C21H21BrClNO3. The predicted molar refractivity (Wildman–Crippen MR) is 108 cm³/mol. The second-order valence-electron chi connectivity index (χ2n) is 7.05. The van der Waals surface area contributed by atoms with E-state index < -0.39 is 5.41 Å². The van der Waals surface area contributed by atoms with E-state index in [0.29, 0.717) is 37.7 Å². The van der Waals surface area contributed by atoms with Crippen LogP contribution in [0.15, 0.2) is 46.9 Å². The zero-order valence-corrected chi connectivity index (χ0v) is 17.2. The van der Waals surface area contributed by atoms with E-state index in [2.05, 4.69) is 21.2 Å². The van der Waals surface area contributed by atoms with Crippen LogP contribution in [-0.2, 0) is 14.9 Å². The molecule has 2 heterocycles. The van der Waals surface area contributed by atoms with Gasteiger partial charge < -0.3 is 14.8 Å². The number of fused-ring (bicyclic) bond motifs is 1. The Hall–Kier alpha value is -1.56. The third kappa shape index (κ3) is 3.73. The first-order valence-electron chi connectivity index (χ1n) is 9.15. The van der Waals surface area contributed by atoms with Crippen LogP contribution in [0.2, 0.25) is 5.02 Å². The van der Waals surface area contributed by atoms with Crippen molar-refractivity contribution in [3.8, 4) is 5.75 Å². The van der Waals surface area contributed by atoms with Gasteiger partial charge in [0.2, 0.25) is 5.91 Å². The Labute approximate surface area is 172 Å². The molecule has 1 fully saturated rings. The summed E-state index contributed by atoms with van der Waals surface area (Å²) in [6, 6.07) is 13.5. The summed E-state index contributed by atoms with van der Waals surface area (Å²) in [6.45, 7) is 1.74. The highest BCUT2D eigenvalue weighted by atomic mass is 79.9. The van der Waals surface area contributed by atoms with E-state index in [-0.39, 0.29) is 11.9 Å². The summed E-state index contributed by atoms with van der Waals surface area (Å²) < 4.78 is 12.3. The molecule has 1 N–H and O–H groups in total. The highest BCUT2D eigenvalue weighted by Crippen LogP contribution is 2.39. The molecule has 1 saturated heterocycles. The van der Waals surface area contributed by atoms with E-state index in [0.717, 1.165) is 27.8 Å². The monoisotopic (exact) mass is 449 g/mol. The van der Waals surface area contributed by atoms with Crippen molar-refractivity contribution >= 4 is 33.4 Å². The van der Waals surface area contributed by atoms with Crippen LogP contribution in [0.25, 0.3) is 0 Å². The van der Waals surface area contributed by atoms with Gasteiger partial charge in [0.05, 0.1) is 18.1 Å². The van der Waals surface area contributed by atoms with Crippen LogP contribution in [0.4, 0.5) is 0 Å². The standard InChI is InChI=1S/C21H21BrClNO3/c22-15-3-6-19-17(13-15)18(7-10-27-19)24-20(25)21(8-11-26-12-9-21)14-1-4-16(23)5-2-14/h1-6,13,18H,7-12H2,(H,24,25). The van der Waals surface area contributed by atoms with Crippen LogP contribution in [-0.4, -0.2) is 25.7 Å². The minimum atomic E-state index is -0.590. The highest BCUT2D eigenvalue weighted by Gasteiger charge is 2.42. The number of benzene rings is 2. The third-order valence-corrected chi connectivity index (χ3v) is 6.24. The molecule has 2 aromatic rings. The number of rotatable bonds is 3. The maximum absolute atomic E-state index is 13.5. The quantitative estimate of drug-likeness (QED) is 0.731. The van der Waals surface area contributed by atoms with Crippen LogP contribution < -0.4 is 10.1 Å². The minimum absolute atomic E-state index is 0.0472. The van der Waals surface area contributed by atoms with E-state index in [1.54, 1.807) is 0 Å². The Morgan fingerprint density at radius 3 is 2.59 bits per heavy atom. The molecule has 2 aliphatic rings. The normalized spacial score (nSPS) is 21.0. The summed E-state index contributed by atoms with van der Waals surface area (Å²) in [7, 11) is 0. The van der Waals surface area contributed by atoms with Gasteiger partial charge in [0.25, 0.3) is 0 Å². The summed E-state index contributed by atoms with van der Waals surface area (Å²) in [6.07, 6.45) is 2.08. The lowest BCUT2D eigenvalue weighted by Crippen LogP contribution is -2.49. The van der Waals surface area contributed by atoms with Gasteiger partial charge >= 0.3 is 0 Å². The molecule has 1 atom stereocenters. The van der Waals surface area contributed by atoms with Crippen molar-refractivity contribution in [2.75, 3.05) is 19.8 Å². The molecule has 1 amide bonds. The van der Waals surface area contributed by atoms with Crippen LogP contribution in [0.5, 0.6) is 5.75 Å². The van der Waals surface area contributed by atoms with Crippen LogP contribution in [0.1, 0.15) is 36.4 Å². The Bertz CT molecular complexity index is 834. The van der Waals surface area contributed by atoms with Crippen LogP contribution >= 0.6 is 27.5 Å². The van der Waals surface area contributed by atoms with Gasteiger partial charge in [-0.3, -0.25) is 4.79 Å². The molecule has 0 saturated carbocycles. The van der Waals surface area contributed by atoms with Gasteiger partial charge in [-0.2, -0.15) is 0 Å². The Morgan fingerprint density at radius 1 is 1.11 bits per heavy atom. The van der Waals surface area contributed by atoms with Crippen LogP contribution in [0.3, 0.4) is 0 Å². The number of ether oxygens (including phenoxy) is 2.